The van der Waals surface area contributed by atoms with E-state index in [0.29, 0.717) is 26.4 Å². The third-order valence-electron chi connectivity index (χ3n) is 11.4. The molecule has 3 aliphatic rings. The summed E-state index contributed by atoms with van der Waals surface area (Å²) in [5, 5.41) is 4.25. The number of rotatable bonds is 20. The summed E-state index contributed by atoms with van der Waals surface area (Å²) in [6.45, 7) is 7.08. The van der Waals surface area contributed by atoms with Gasteiger partial charge in [-0.1, -0.05) is 141 Å². The van der Waals surface area contributed by atoms with E-state index in [1.165, 1.54) is 159 Å². The van der Waals surface area contributed by atoms with Crippen LogP contribution >= 0.6 is 22.7 Å². The lowest BCUT2D eigenvalue weighted by Crippen LogP contribution is -2.25. The van der Waals surface area contributed by atoms with Crippen molar-refractivity contribution in [2.24, 2.45) is 0 Å². The number of ether oxygens (including phenoxy) is 4. The molecule has 274 valence electrons. The van der Waals surface area contributed by atoms with E-state index in [2.05, 4.69) is 61.0 Å². The first-order valence-corrected chi connectivity index (χ1v) is 22.0. The fraction of sp³-hybridized carbons (Fsp3) is 0.556. The van der Waals surface area contributed by atoms with E-state index >= 15 is 0 Å². The van der Waals surface area contributed by atoms with Crippen molar-refractivity contribution >= 4 is 22.7 Å². The largest absolute Gasteiger partial charge is 0.485 e. The van der Waals surface area contributed by atoms with Gasteiger partial charge in [-0.15, -0.1) is 22.7 Å². The van der Waals surface area contributed by atoms with Crippen LogP contribution in [-0.2, 0) is 5.41 Å². The van der Waals surface area contributed by atoms with E-state index < -0.39 is 0 Å². The van der Waals surface area contributed by atoms with E-state index in [9.17, 15) is 0 Å². The maximum atomic E-state index is 6.20. The van der Waals surface area contributed by atoms with Gasteiger partial charge in [-0.05, 0) is 58.4 Å². The molecule has 0 atom stereocenters. The summed E-state index contributed by atoms with van der Waals surface area (Å²) < 4.78 is 24.4. The standard InChI is InChI=1S/C45H58O4S2/c1-3-5-7-9-11-13-15-17-23-45(24-18-16-14-12-10-8-6-4-2)37-29-33(43-41-39(31-50-43)46-25-27-48-41)19-21-35(37)36-22-20-34(30-38(36)45)44-42-40(32-51-44)47-26-28-49-42/h19-22,29-32H,3-18,23-28H2,1-2H3. The Morgan fingerprint density at radius 3 is 1.31 bits per heavy atom. The molecule has 0 saturated heterocycles. The quantitative estimate of drug-likeness (QED) is 0.0850. The molecule has 4 aromatic rings. The molecule has 51 heavy (non-hydrogen) atoms. The molecule has 0 radical (unpaired) electrons. The van der Waals surface area contributed by atoms with Crippen molar-refractivity contribution in [1.82, 2.24) is 0 Å². The predicted molar refractivity (Wildman–Crippen MR) is 216 cm³/mol. The second-order valence-electron chi connectivity index (χ2n) is 15.0. The fourth-order valence-electron chi connectivity index (χ4n) is 8.69. The Labute approximate surface area is 314 Å². The maximum Gasteiger partial charge on any atom is 0.179 e. The molecule has 0 bridgehead atoms. The molecule has 2 aromatic carbocycles. The van der Waals surface area contributed by atoms with Crippen LogP contribution in [0, 0.1) is 0 Å². The lowest BCUT2D eigenvalue weighted by Gasteiger charge is -2.33. The maximum absolute atomic E-state index is 6.20. The predicted octanol–water partition coefficient (Wildman–Crippen LogP) is 14.0. The van der Waals surface area contributed by atoms with Crippen molar-refractivity contribution in [2.75, 3.05) is 26.4 Å². The van der Waals surface area contributed by atoms with Crippen LogP contribution in [0.15, 0.2) is 47.2 Å². The zero-order chi connectivity index (χ0) is 34.9. The van der Waals surface area contributed by atoms with Gasteiger partial charge in [-0.2, -0.15) is 0 Å². The monoisotopic (exact) mass is 726 g/mol. The summed E-state index contributed by atoms with van der Waals surface area (Å²) in [6.07, 6.45) is 23.8. The van der Waals surface area contributed by atoms with Gasteiger partial charge in [0.2, 0.25) is 0 Å². The van der Waals surface area contributed by atoms with Crippen molar-refractivity contribution < 1.29 is 18.9 Å². The third kappa shape index (κ3) is 8.03. The van der Waals surface area contributed by atoms with Crippen molar-refractivity contribution in [3.63, 3.8) is 0 Å². The van der Waals surface area contributed by atoms with Crippen molar-refractivity contribution in [3.8, 4) is 55.0 Å². The summed E-state index contributed by atoms with van der Waals surface area (Å²) in [6, 6.07) is 14.5. The Bertz CT molecular complexity index is 1590. The van der Waals surface area contributed by atoms with Gasteiger partial charge < -0.3 is 18.9 Å². The Kier molecular flexibility index (Phi) is 12.6. The number of thiophene rings is 2. The second-order valence-corrected chi connectivity index (χ2v) is 16.7. The van der Waals surface area contributed by atoms with Gasteiger partial charge in [0.15, 0.2) is 23.0 Å². The lowest BCUT2D eigenvalue weighted by molar-refractivity contribution is 0.174. The second kappa shape index (κ2) is 17.7. The summed E-state index contributed by atoms with van der Waals surface area (Å²) in [5.41, 5.74) is 8.35. The summed E-state index contributed by atoms with van der Waals surface area (Å²) in [5.74, 6) is 3.63. The highest BCUT2D eigenvalue weighted by Crippen LogP contribution is 2.58. The first-order valence-electron chi connectivity index (χ1n) is 20.3. The van der Waals surface area contributed by atoms with Gasteiger partial charge in [0.25, 0.3) is 0 Å². The molecular weight excluding hydrogens is 669 g/mol. The van der Waals surface area contributed by atoms with Gasteiger partial charge >= 0.3 is 0 Å². The number of benzene rings is 2. The zero-order valence-corrected chi connectivity index (χ0v) is 32.8. The van der Waals surface area contributed by atoms with Gasteiger partial charge in [-0.3, -0.25) is 0 Å². The average Bonchev–Trinajstić information content (AvgIpc) is 3.87. The summed E-state index contributed by atoms with van der Waals surface area (Å²) >= 11 is 3.50. The minimum Gasteiger partial charge on any atom is -0.485 e. The Hall–Kier alpha value is -2.96. The van der Waals surface area contributed by atoms with Crippen LogP contribution in [0.2, 0.25) is 0 Å². The van der Waals surface area contributed by atoms with Crippen molar-refractivity contribution in [2.45, 2.75) is 135 Å². The summed E-state index contributed by atoms with van der Waals surface area (Å²) in [4.78, 5) is 2.39. The molecule has 2 aromatic heterocycles. The SMILES string of the molecule is CCCCCCCCCCC1(CCCCCCCCCC)c2cc(-c3scc4c3OCCO4)ccc2-c2ccc(-c3scc4c3OCCO4)cc21. The van der Waals surface area contributed by atoms with Gasteiger partial charge in [0.05, 0.1) is 9.75 Å². The van der Waals surface area contributed by atoms with Crippen LogP contribution in [-0.4, -0.2) is 26.4 Å². The molecule has 0 saturated carbocycles. The fourth-order valence-corrected chi connectivity index (χ4v) is 10.5. The molecule has 7 rings (SSSR count). The van der Waals surface area contributed by atoms with Gasteiger partial charge in [-0.25, -0.2) is 0 Å². The number of fused-ring (bicyclic) bond motifs is 5. The van der Waals surface area contributed by atoms with E-state index in [0.717, 1.165) is 23.0 Å². The highest BCUT2D eigenvalue weighted by molar-refractivity contribution is 7.14. The van der Waals surface area contributed by atoms with E-state index in [1.807, 2.05) is 0 Å². The smallest absolute Gasteiger partial charge is 0.179 e. The van der Waals surface area contributed by atoms with Gasteiger partial charge in [0.1, 0.15) is 26.4 Å². The molecule has 0 amide bonds. The van der Waals surface area contributed by atoms with Crippen LogP contribution < -0.4 is 18.9 Å². The molecule has 0 unspecified atom stereocenters. The average molecular weight is 727 g/mol. The van der Waals surface area contributed by atoms with Crippen LogP contribution in [0.5, 0.6) is 23.0 Å². The number of hydrogen-bond donors (Lipinski definition) is 0. The number of unbranched alkanes of at least 4 members (excludes halogenated alkanes) is 14. The van der Waals surface area contributed by atoms with Crippen LogP contribution in [0.4, 0.5) is 0 Å². The highest BCUT2D eigenvalue weighted by atomic mass is 32.1. The lowest BCUT2D eigenvalue weighted by atomic mass is 9.70. The zero-order valence-electron chi connectivity index (χ0n) is 31.1. The molecular formula is C45H58O4S2. The minimum atomic E-state index is -0.0233. The molecule has 0 N–H and O–H groups in total. The van der Waals surface area contributed by atoms with Crippen LogP contribution in [0.1, 0.15) is 141 Å². The van der Waals surface area contributed by atoms with Crippen LogP contribution in [0.25, 0.3) is 32.0 Å². The number of hydrogen-bond acceptors (Lipinski definition) is 6. The van der Waals surface area contributed by atoms with Gasteiger partial charge in [0, 0.05) is 16.2 Å². The Balaban J connectivity index is 1.23. The topological polar surface area (TPSA) is 36.9 Å². The minimum absolute atomic E-state index is 0.0233. The Morgan fingerprint density at radius 2 is 0.882 bits per heavy atom. The van der Waals surface area contributed by atoms with Crippen molar-refractivity contribution in [1.29, 1.82) is 0 Å². The van der Waals surface area contributed by atoms with E-state index in [4.69, 9.17) is 18.9 Å². The molecule has 6 heteroatoms. The molecule has 1 aliphatic carbocycles. The van der Waals surface area contributed by atoms with Crippen molar-refractivity contribution in [3.05, 3.63) is 58.3 Å². The molecule has 2 aliphatic heterocycles. The van der Waals surface area contributed by atoms with E-state index in [-0.39, 0.29) is 5.41 Å². The molecule has 4 heterocycles. The summed E-state index contributed by atoms with van der Waals surface area (Å²) in [7, 11) is 0. The van der Waals surface area contributed by atoms with E-state index in [1.54, 1.807) is 22.7 Å². The molecule has 4 nitrogen and oxygen atoms in total. The normalized spacial score (nSPS) is 15.2. The Morgan fingerprint density at radius 1 is 0.490 bits per heavy atom. The van der Waals surface area contributed by atoms with Crippen LogP contribution in [0.3, 0.4) is 0 Å². The first-order chi connectivity index (χ1) is 25.2. The highest BCUT2D eigenvalue weighted by Gasteiger charge is 2.43. The molecule has 0 spiro atoms. The molecule has 0 fully saturated rings. The first kappa shape index (κ1) is 36.4. The third-order valence-corrected chi connectivity index (χ3v) is 13.4.